The van der Waals surface area contributed by atoms with Gasteiger partial charge in [-0.2, -0.15) is 47.3 Å². The normalized spacial score (nSPS) is 10.8. The maximum absolute atomic E-state index is 2.33. The van der Waals surface area contributed by atoms with Gasteiger partial charge in [-0.1, -0.05) is 111 Å². The summed E-state index contributed by atoms with van der Waals surface area (Å²) < 4.78 is 0. The van der Waals surface area contributed by atoms with Gasteiger partial charge in [0.1, 0.15) is 0 Å². The van der Waals surface area contributed by atoms with Crippen LogP contribution in [0.1, 0.15) is 111 Å². The third-order valence-corrected chi connectivity index (χ3v) is 3.08. The van der Waals surface area contributed by atoms with E-state index in [1.807, 2.05) is 0 Å². The first-order valence-electron chi connectivity index (χ1n) is 11.9. The van der Waals surface area contributed by atoms with Crippen LogP contribution in [0.4, 0.5) is 0 Å². The van der Waals surface area contributed by atoms with Crippen molar-refractivity contribution >= 4 is 0 Å². The Morgan fingerprint density at radius 2 is 0.310 bits per heavy atom. The minimum Gasteiger partial charge on any atom is -0.323 e. The van der Waals surface area contributed by atoms with Gasteiger partial charge in [0, 0.05) is 0 Å². The van der Waals surface area contributed by atoms with E-state index in [4.69, 9.17) is 0 Å². The van der Waals surface area contributed by atoms with E-state index < -0.39 is 0 Å². The van der Waals surface area contributed by atoms with Crippen LogP contribution in [0.25, 0.3) is 0 Å². The van der Waals surface area contributed by atoms with Crippen molar-refractivity contribution in [2.24, 2.45) is 47.3 Å². The molecule has 1 heteroatoms. The Kier molecular flexibility index (Phi) is 37.7. The van der Waals surface area contributed by atoms with Crippen LogP contribution in [-0.4, -0.2) is 0 Å². The van der Waals surface area contributed by atoms with Crippen LogP contribution in [0.5, 0.6) is 0 Å². The van der Waals surface area contributed by atoms with Gasteiger partial charge in [-0.3, -0.25) is 0 Å². The monoisotopic (exact) mass is 635 g/mol. The van der Waals surface area contributed by atoms with Crippen LogP contribution in [0.15, 0.2) is 0 Å². The zero-order valence-corrected chi connectivity index (χ0v) is 27.6. The molecule has 0 aromatic rings. The first-order chi connectivity index (χ1) is 12.5. The summed E-state index contributed by atoms with van der Waals surface area (Å²) in [7, 11) is 0. The van der Waals surface area contributed by atoms with Crippen molar-refractivity contribution in [3.8, 4) is 0 Å². The molecule has 0 aromatic heterocycles. The van der Waals surface area contributed by atoms with Crippen LogP contribution in [0.3, 0.4) is 0 Å². The first-order valence-corrected chi connectivity index (χ1v) is 11.9. The molecule has 29 heavy (non-hydrogen) atoms. The van der Waals surface area contributed by atoms with E-state index in [1.165, 1.54) is 0 Å². The summed E-state index contributed by atoms with van der Waals surface area (Å²) in [6, 6.07) is 0. The van der Waals surface area contributed by atoms with Crippen LogP contribution < -0.4 is 0 Å². The third-order valence-electron chi connectivity index (χ3n) is 3.08. The predicted molar refractivity (Wildman–Crippen MR) is 136 cm³/mol. The molecule has 0 amide bonds. The molecule has 0 radical (unpaired) electrons. The fourth-order valence-corrected chi connectivity index (χ4v) is 3.08. The second-order valence-corrected chi connectivity index (χ2v) is 10.7. The summed E-state index contributed by atoms with van der Waals surface area (Å²) in [6.07, 6.45) is 9.33. The molecule has 0 saturated heterocycles. The molecule has 0 rings (SSSR count). The van der Waals surface area contributed by atoms with Crippen molar-refractivity contribution < 1.29 is 31.1 Å². The van der Waals surface area contributed by atoms with Gasteiger partial charge in [0.15, 0.2) is 0 Å². The van der Waals surface area contributed by atoms with E-state index in [0.29, 0.717) is 0 Å². The third kappa shape index (κ3) is 73.1. The van der Waals surface area contributed by atoms with Gasteiger partial charge in [0.25, 0.3) is 0 Å². The molecule has 0 fully saturated rings. The Bertz CT molecular complexity index is 179. The second-order valence-electron chi connectivity index (χ2n) is 10.7. The van der Waals surface area contributed by atoms with Crippen molar-refractivity contribution in [1.82, 2.24) is 0 Å². The van der Waals surface area contributed by atoms with E-state index in [1.54, 1.807) is 0 Å². The maximum Gasteiger partial charge on any atom is 4.00 e. The van der Waals surface area contributed by atoms with Gasteiger partial charge in [0.05, 0.1) is 0 Å². The molecular weight excluding hydrogens is 574 g/mol. The molecule has 0 atom stereocenters. The summed E-state index contributed by atoms with van der Waals surface area (Å²) in [4.78, 5) is 0. The molecule has 0 heterocycles. The van der Waals surface area contributed by atoms with E-state index in [0.717, 1.165) is 47.3 Å². The van der Waals surface area contributed by atoms with Crippen molar-refractivity contribution in [2.45, 2.75) is 111 Å². The summed E-state index contributed by atoms with van der Waals surface area (Å²) in [5.41, 5.74) is 0. The van der Waals surface area contributed by atoms with E-state index >= 15 is 0 Å². The van der Waals surface area contributed by atoms with Crippen LogP contribution in [0.2, 0.25) is 0 Å². The van der Waals surface area contributed by atoms with E-state index in [2.05, 4.69) is 136 Å². The Morgan fingerprint density at radius 3 is 0.310 bits per heavy atom. The Morgan fingerprint density at radius 1 is 0.241 bits per heavy atom. The van der Waals surface area contributed by atoms with Crippen LogP contribution >= 0.6 is 0 Å². The Hall–Kier alpha value is 1.05. The van der Waals surface area contributed by atoms with Crippen LogP contribution in [-0.2, 0) is 0 Å². The van der Waals surface area contributed by atoms with Gasteiger partial charge < -0.3 is 25.7 Å². The number of hydrogen-bond acceptors (Lipinski definition) is 0. The van der Waals surface area contributed by atoms with E-state index in [-0.39, 0.29) is 31.1 Å². The van der Waals surface area contributed by atoms with Crippen LogP contribution in [0, 0.1) is 104 Å². The molecule has 0 N–H and O–H groups in total. The molecule has 0 spiro atoms. The number of rotatable bonds is 8. The average Bonchev–Trinajstić information content (AvgIpc) is 2.32. The van der Waals surface area contributed by atoms with Crippen molar-refractivity contribution in [2.75, 3.05) is 0 Å². The minimum atomic E-state index is 0. The molecule has 0 aliphatic heterocycles. The fourth-order valence-electron chi connectivity index (χ4n) is 3.08. The fraction of sp³-hybridized carbons (Fsp3) is 0.857. The quantitative estimate of drug-likeness (QED) is 0.233. The standard InChI is InChI=1S/4C7H15.U/c4*1-6(2)5-7(3)4;/h4*5-7H,1-4H3;/q4*-1;+4. The molecule has 0 aromatic carbocycles. The molecule has 0 aliphatic carbocycles. The minimum absolute atomic E-state index is 0. The summed E-state index contributed by atoms with van der Waals surface area (Å²) in [6.45, 7) is 35.3. The maximum atomic E-state index is 2.33. The van der Waals surface area contributed by atoms with Gasteiger partial charge in [-0.25, -0.2) is 0 Å². The topological polar surface area (TPSA) is 0 Å². The Labute approximate surface area is 213 Å². The van der Waals surface area contributed by atoms with Gasteiger partial charge >= 0.3 is 31.1 Å². The molecule has 0 bridgehead atoms. The predicted octanol–water partition coefficient (Wildman–Crippen LogP) is 10.0. The molecular formula is C28H60U. The SMILES string of the molecule is CC(C)[CH-]C(C)C.CC(C)[CH-]C(C)C.CC(C)[CH-]C(C)C.CC(C)[CH-]C(C)C.[U+4]. The number of hydrogen-bond donors (Lipinski definition) is 0. The Balaban J connectivity index is -0.0000000873. The van der Waals surface area contributed by atoms with Gasteiger partial charge in [-0.05, 0) is 0 Å². The summed E-state index contributed by atoms with van der Waals surface area (Å²) in [5.74, 6) is 6.00. The van der Waals surface area contributed by atoms with Crippen molar-refractivity contribution in [1.29, 1.82) is 0 Å². The zero-order valence-electron chi connectivity index (χ0n) is 23.4. The van der Waals surface area contributed by atoms with E-state index in [9.17, 15) is 0 Å². The van der Waals surface area contributed by atoms with Gasteiger partial charge in [-0.15, -0.1) is 0 Å². The zero-order chi connectivity index (χ0) is 23.4. The smallest absolute Gasteiger partial charge is 0.323 e. The first kappa shape index (κ1) is 40.4. The largest absolute Gasteiger partial charge is 4.00 e. The molecule has 0 nitrogen and oxygen atoms in total. The second kappa shape index (κ2) is 27.1. The molecule has 0 aliphatic rings. The molecule has 0 unspecified atom stereocenters. The van der Waals surface area contributed by atoms with Crippen molar-refractivity contribution in [3.63, 3.8) is 0 Å². The van der Waals surface area contributed by atoms with Crippen molar-refractivity contribution in [3.05, 3.63) is 25.7 Å². The average molecular weight is 635 g/mol. The molecule has 176 valence electrons. The van der Waals surface area contributed by atoms with Gasteiger partial charge in [0.2, 0.25) is 0 Å². The molecule has 0 saturated carbocycles. The summed E-state index contributed by atoms with van der Waals surface area (Å²) >= 11 is 0. The summed E-state index contributed by atoms with van der Waals surface area (Å²) in [5, 5.41) is 0.